The molecule has 3 nitrogen and oxygen atoms in total. The van der Waals surface area contributed by atoms with Gasteiger partial charge in [0.15, 0.2) is 0 Å². The van der Waals surface area contributed by atoms with Crippen molar-refractivity contribution >= 4 is 17.6 Å². The third kappa shape index (κ3) is 2.34. The lowest BCUT2D eigenvalue weighted by molar-refractivity contribution is 0.0685. The topological polar surface area (TPSA) is 42.2 Å². The van der Waals surface area contributed by atoms with Crippen molar-refractivity contribution in [2.24, 2.45) is 0 Å². The molecule has 0 aliphatic rings. The van der Waals surface area contributed by atoms with Gasteiger partial charge in [-0.3, -0.25) is 0 Å². The Balaban J connectivity index is 2.39. The molecule has 1 heterocycles. The van der Waals surface area contributed by atoms with E-state index in [0.717, 1.165) is 11.3 Å². The third-order valence-electron chi connectivity index (χ3n) is 2.70. The van der Waals surface area contributed by atoms with E-state index in [1.807, 2.05) is 25.1 Å². The fraction of sp³-hybridized carbons (Fsp3) is 0.154. The summed E-state index contributed by atoms with van der Waals surface area (Å²) in [4.78, 5) is 11.1. The number of hydrogen-bond donors (Lipinski definition) is 1. The Bertz CT molecular complexity index is 560. The molecule has 0 saturated carbocycles. The van der Waals surface area contributed by atoms with Crippen LogP contribution in [0.5, 0.6) is 0 Å². The van der Waals surface area contributed by atoms with Crippen LogP contribution in [-0.2, 0) is 6.54 Å². The molecule has 2 rings (SSSR count). The van der Waals surface area contributed by atoms with Gasteiger partial charge in [0.25, 0.3) is 0 Å². The van der Waals surface area contributed by atoms with E-state index in [4.69, 9.17) is 16.7 Å². The largest absolute Gasteiger partial charge is 0.477 e. The van der Waals surface area contributed by atoms with Crippen LogP contribution in [0.4, 0.5) is 0 Å². The van der Waals surface area contributed by atoms with Crippen LogP contribution in [0.2, 0.25) is 5.02 Å². The molecule has 0 amide bonds. The van der Waals surface area contributed by atoms with Gasteiger partial charge in [-0.15, -0.1) is 0 Å². The van der Waals surface area contributed by atoms with Crippen LogP contribution in [0.3, 0.4) is 0 Å². The van der Waals surface area contributed by atoms with E-state index in [1.165, 1.54) is 0 Å². The third-order valence-corrected chi connectivity index (χ3v) is 3.07. The van der Waals surface area contributed by atoms with Crippen molar-refractivity contribution in [3.05, 3.63) is 58.4 Å². The molecule has 1 aromatic carbocycles. The van der Waals surface area contributed by atoms with E-state index < -0.39 is 5.97 Å². The first kappa shape index (κ1) is 11.7. The van der Waals surface area contributed by atoms with Crippen molar-refractivity contribution in [3.8, 4) is 0 Å². The molecule has 0 bridgehead atoms. The summed E-state index contributed by atoms with van der Waals surface area (Å²) >= 11 is 6.06. The maximum atomic E-state index is 11.1. The molecule has 0 radical (unpaired) electrons. The highest BCUT2D eigenvalue weighted by molar-refractivity contribution is 6.31. The maximum absolute atomic E-state index is 11.1. The summed E-state index contributed by atoms with van der Waals surface area (Å²) in [6.07, 6.45) is 0. The first-order valence-corrected chi connectivity index (χ1v) is 5.60. The molecule has 4 heteroatoms. The van der Waals surface area contributed by atoms with Gasteiger partial charge < -0.3 is 9.67 Å². The number of nitrogens with zero attached hydrogens (tertiary/aromatic N) is 1. The van der Waals surface area contributed by atoms with Gasteiger partial charge in [-0.25, -0.2) is 4.79 Å². The fourth-order valence-corrected chi connectivity index (χ4v) is 1.96. The Labute approximate surface area is 104 Å². The second-order valence-electron chi connectivity index (χ2n) is 3.84. The predicted molar refractivity (Wildman–Crippen MR) is 66.7 cm³/mol. The summed E-state index contributed by atoms with van der Waals surface area (Å²) in [6, 6.07) is 10.8. The molecule has 0 spiro atoms. The van der Waals surface area contributed by atoms with Crippen molar-refractivity contribution < 1.29 is 9.90 Å². The zero-order valence-corrected chi connectivity index (χ0v) is 10.1. The van der Waals surface area contributed by atoms with Crippen molar-refractivity contribution in [3.63, 3.8) is 0 Å². The van der Waals surface area contributed by atoms with Gasteiger partial charge in [0.05, 0.1) is 0 Å². The average molecular weight is 250 g/mol. The van der Waals surface area contributed by atoms with Gasteiger partial charge in [-0.2, -0.15) is 0 Å². The number of carbonyl (C=O) groups is 1. The van der Waals surface area contributed by atoms with Crippen LogP contribution in [0, 0.1) is 6.92 Å². The van der Waals surface area contributed by atoms with Gasteiger partial charge in [-0.05, 0) is 30.7 Å². The SMILES string of the molecule is Cc1ccc(C(=O)O)n1Cc1ccccc1Cl. The lowest BCUT2D eigenvalue weighted by Crippen LogP contribution is -2.10. The van der Waals surface area contributed by atoms with Gasteiger partial charge >= 0.3 is 5.97 Å². The van der Waals surface area contributed by atoms with Crippen molar-refractivity contribution in [2.75, 3.05) is 0 Å². The lowest BCUT2D eigenvalue weighted by Gasteiger charge is -2.10. The molecule has 1 N–H and O–H groups in total. The van der Waals surface area contributed by atoms with E-state index >= 15 is 0 Å². The van der Waals surface area contributed by atoms with Crippen molar-refractivity contribution in [1.82, 2.24) is 4.57 Å². The van der Waals surface area contributed by atoms with E-state index in [2.05, 4.69) is 0 Å². The standard InChI is InChI=1S/C13H12ClNO2/c1-9-6-7-12(13(16)17)15(9)8-10-4-2-3-5-11(10)14/h2-7H,8H2,1H3,(H,16,17). The van der Waals surface area contributed by atoms with Crippen LogP contribution >= 0.6 is 11.6 Å². The minimum absolute atomic E-state index is 0.280. The Morgan fingerprint density at radius 1 is 1.29 bits per heavy atom. The lowest BCUT2D eigenvalue weighted by atomic mass is 10.2. The number of aromatic nitrogens is 1. The summed E-state index contributed by atoms with van der Waals surface area (Å²) in [5, 5.41) is 9.72. The highest BCUT2D eigenvalue weighted by Gasteiger charge is 2.12. The molecular formula is C13H12ClNO2. The second-order valence-corrected chi connectivity index (χ2v) is 4.25. The van der Waals surface area contributed by atoms with E-state index in [9.17, 15) is 4.79 Å². The molecule has 0 fully saturated rings. The highest BCUT2D eigenvalue weighted by atomic mass is 35.5. The first-order valence-electron chi connectivity index (χ1n) is 5.22. The van der Waals surface area contributed by atoms with Crippen LogP contribution in [0.1, 0.15) is 21.7 Å². The summed E-state index contributed by atoms with van der Waals surface area (Å²) in [5.41, 5.74) is 2.10. The maximum Gasteiger partial charge on any atom is 0.352 e. The average Bonchev–Trinajstić information content (AvgIpc) is 2.64. The molecule has 0 saturated heterocycles. The smallest absolute Gasteiger partial charge is 0.352 e. The number of aromatic carboxylic acids is 1. The summed E-state index contributed by atoms with van der Waals surface area (Å²) < 4.78 is 1.74. The monoisotopic (exact) mass is 249 g/mol. The van der Waals surface area contributed by atoms with Crippen molar-refractivity contribution in [2.45, 2.75) is 13.5 Å². The molecule has 0 unspecified atom stereocenters. The Morgan fingerprint density at radius 3 is 2.65 bits per heavy atom. The quantitative estimate of drug-likeness (QED) is 0.908. The van der Waals surface area contributed by atoms with E-state index in [-0.39, 0.29) is 5.69 Å². The number of aryl methyl sites for hydroxylation is 1. The number of benzene rings is 1. The van der Waals surface area contributed by atoms with Gasteiger partial charge in [0, 0.05) is 17.3 Å². The Hall–Kier alpha value is -1.74. The predicted octanol–water partition coefficient (Wildman–Crippen LogP) is 3.20. The molecule has 0 aliphatic heterocycles. The van der Waals surface area contributed by atoms with Crippen LogP contribution < -0.4 is 0 Å². The van der Waals surface area contributed by atoms with Gasteiger partial charge in [0.2, 0.25) is 0 Å². The van der Waals surface area contributed by atoms with Gasteiger partial charge in [0.1, 0.15) is 5.69 Å². The van der Waals surface area contributed by atoms with Crippen LogP contribution in [0.15, 0.2) is 36.4 Å². The summed E-state index contributed by atoms with van der Waals surface area (Å²) in [6.45, 7) is 2.35. The fourth-order valence-electron chi connectivity index (χ4n) is 1.76. The van der Waals surface area contributed by atoms with Gasteiger partial charge in [-0.1, -0.05) is 29.8 Å². The Morgan fingerprint density at radius 2 is 2.00 bits per heavy atom. The van der Waals surface area contributed by atoms with Crippen molar-refractivity contribution in [1.29, 1.82) is 0 Å². The van der Waals surface area contributed by atoms with Crippen LogP contribution in [0.25, 0.3) is 0 Å². The molecule has 88 valence electrons. The van der Waals surface area contributed by atoms with E-state index in [0.29, 0.717) is 11.6 Å². The second kappa shape index (κ2) is 4.63. The minimum atomic E-state index is -0.926. The number of carboxylic acid groups (broad SMARTS) is 1. The minimum Gasteiger partial charge on any atom is -0.477 e. The Kier molecular flexibility index (Phi) is 3.20. The molecular weight excluding hydrogens is 238 g/mol. The molecule has 17 heavy (non-hydrogen) atoms. The zero-order chi connectivity index (χ0) is 12.4. The molecule has 0 aliphatic carbocycles. The molecule has 2 aromatic rings. The number of hydrogen-bond acceptors (Lipinski definition) is 1. The highest BCUT2D eigenvalue weighted by Crippen LogP contribution is 2.19. The molecule has 1 aromatic heterocycles. The summed E-state index contributed by atoms with van der Waals surface area (Å²) in [5.74, 6) is -0.926. The van der Waals surface area contributed by atoms with Crippen LogP contribution in [-0.4, -0.2) is 15.6 Å². The van der Waals surface area contributed by atoms with E-state index in [1.54, 1.807) is 22.8 Å². The number of halogens is 1. The zero-order valence-electron chi connectivity index (χ0n) is 9.35. The number of carboxylic acids is 1. The normalized spacial score (nSPS) is 10.5. The molecule has 0 atom stereocenters. The number of rotatable bonds is 3. The first-order chi connectivity index (χ1) is 8.09. The summed E-state index contributed by atoms with van der Waals surface area (Å²) in [7, 11) is 0.